The molecule has 0 aliphatic carbocycles. The number of halogens is 1. The normalized spacial score (nSPS) is 22.3. The van der Waals surface area contributed by atoms with E-state index >= 15 is 0 Å². The molecule has 2 rings (SSSR count). The van der Waals surface area contributed by atoms with Crippen molar-refractivity contribution in [3.8, 4) is 0 Å². The number of hydrogen-bond donors (Lipinski definition) is 2. The van der Waals surface area contributed by atoms with E-state index in [9.17, 15) is 0 Å². The van der Waals surface area contributed by atoms with E-state index in [1.165, 1.54) is 24.4 Å². The van der Waals surface area contributed by atoms with Crippen LogP contribution in [-0.2, 0) is 0 Å². The molecule has 1 aromatic rings. The summed E-state index contributed by atoms with van der Waals surface area (Å²) in [6.07, 6.45) is 1.32. The van der Waals surface area contributed by atoms with Gasteiger partial charge in [-0.2, -0.15) is 0 Å². The van der Waals surface area contributed by atoms with E-state index < -0.39 is 0 Å². The van der Waals surface area contributed by atoms with Crippen molar-refractivity contribution in [1.29, 1.82) is 0 Å². The molecule has 2 nitrogen and oxygen atoms in total. The Kier molecular flexibility index (Phi) is 5.61. The van der Waals surface area contributed by atoms with Crippen molar-refractivity contribution in [2.24, 2.45) is 5.92 Å². The van der Waals surface area contributed by atoms with Crippen LogP contribution in [0, 0.1) is 5.92 Å². The SMILES string of the molecule is CC(NCC1CCNC1)c1cccs1.Cl. The van der Waals surface area contributed by atoms with Gasteiger partial charge in [-0.25, -0.2) is 0 Å². The fourth-order valence-electron chi connectivity index (χ4n) is 1.87. The minimum absolute atomic E-state index is 0. The summed E-state index contributed by atoms with van der Waals surface area (Å²) in [5, 5.41) is 9.13. The zero-order chi connectivity index (χ0) is 9.80. The Bertz CT molecular complexity index is 258. The van der Waals surface area contributed by atoms with Crippen LogP contribution >= 0.6 is 23.7 Å². The third-order valence-electron chi connectivity index (χ3n) is 2.85. The second kappa shape index (κ2) is 6.48. The molecule has 0 amide bonds. The first-order chi connectivity index (χ1) is 6.86. The Hall–Kier alpha value is -0.0900. The van der Waals surface area contributed by atoms with Crippen LogP contribution < -0.4 is 10.6 Å². The monoisotopic (exact) mass is 246 g/mol. The van der Waals surface area contributed by atoms with Gasteiger partial charge in [-0.15, -0.1) is 23.7 Å². The first-order valence-corrected chi connectivity index (χ1v) is 6.21. The second-order valence-electron chi connectivity index (χ2n) is 4.00. The molecule has 0 bridgehead atoms. The van der Waals surface area contributed by atoms with Crippen LogP contribution in [0.2, 0.25) is 0 Å². The first-order valence-electron chi connectivity index (χ1n) is 5.34. The Morgan fingerprint density at radius 3 is 3.13 bits per heavy atom. The van der Waals surface area contributed by atoms with Crippen molar-refractivity contribution in [1.82, 2.24) is 10.6 Å². The molecule has 86 valence electrons. The molecule has 1 fully saturated rings. The molecule has 0 radical (unpaired) electrons. The molecular weight excluding hydrogens is 228 g/mol. The molecule has 1 aliphatic heterocycles. The summed E-state index contributed by atoms with van der Waals surface area (Å²) >= 11 is 1.84. The highest BCUT2D eigenvalue weighted by atomic mass is 35.5. The lowest BCUT2D eigenvalue weighted by Crippen LogP contribution is -2.26. The van der Waals surface area contributed by atoms with Crippen LogP contribution in [0.1, 0.15) is 24.3 Å². The quantitative estimate of drug-likeness (QED) is 0.853. The van der Waals surface area contributed by atoms with Crippen LogP contribution in [0.3, 0.4) is 0 Å². The smallest absolute Gasteiger partial charge is 0.0386 e. The summed E-state index contributed by atoms with van der Waals surface area (Å²) in [5.41, 5.74) is 0. The molecule has 1 aromatic heterocycles. The standard InChI is InChI=1S/C11H18N2S.ClH/c1-9(11-3-2-6-14-11)13-8-10-4-5-12-7-10;/h2-3,6,9-10,12-13H,4-5,7-8H2,1H3;1H. The van der Waals surface area contributed by atoms with E-state index in [1.807, 2.05) is 11.3 Å². The highest BCUT2D eigenvalue weighted by molar-refractivity contribution is 7.10. The van der Waals surface area contributed by atoms with Gasteiger partial charge in [0.2, 0.25) is 0 Å². The van der Waals surface area contributed by atoms with Gasteiger partial charge in [0, 0.05) is 10.9 Å². The molecule has 4 heteroatoms. The van der Waals surface area contributed by atoms with Crippen molar-refractivity contribution in [2.45, 2.75) is 19.4 Å². The minimum Gasteiger partial charge on any atom is -0.316 e. The lowest BCUT2D eigenvalue weighted by molar-refractivity contribution is 0.473. The number of hydrogen-bond acceptors (Lipinski definition) is 3. The van der Waals surface area contributed by atoms with Crippen LogP contribution in [-0.4, -0.2) is 19.6 Å². The van der Waals surface area contributed by atoms with Crippen molar-refractivity contribution in [2.75, 3.05) is 19.6 Å². The molecule has 2 atom stereocenters. The van der Waals surface area contributed by atoms with Crippen LogP contribution in [0.25, 0.3) is 0 Å². The Morgan fingerprint density at radius 1 is 1.67 bits per heavy atom. The van der Waals surface area contributed by atoms with Gasteiger partial charge in [0.15, 0.2) is 0 Å². The molecule has 0 spiro atoms. The Balaban J connectivity index is 0.00000112. The van der Waals surface area contributed by atoms with Crippen LogP contribution in [0.5, 0.6) is 0 Å². The topological polar surface area (TPSA) is 24.1 Å². The number of rotatable bonds is 4. The highest BCUT2D eigenvalue weighted by Gasteiger charge is 2.15. The molecule has 0 saturated carbocycles. The fourth-order valence-corrected chi connectivity index (χ4v) is 2.63. The average molecular weight is 247 g/mol. The van der Waals surface area contributed by atoms with Crippen molar-refractivity contribution < 1.29 is 0 Å². The maximum atomic E-state index is 3.60. The zero-order valence-electron chi connectivity index (χ0n) is 9.03. The maximum absolute atomic E-state index is 3.60. The van der Waals surface area contributed by atoms with Gasteiger partial charge in [0.05, 0.1) is 0 Å². The molecule has 0 aromatic carbocycles. The molecule has 2 unspecified atom stereocenters. The maximum Gasteiger partial charge on any atom is 0.0386 e. The second-order valence-corrected chi connectivity index (χ2v) is 4.98. The summed E-state index contributed by atoms with van der Waals surface area (Å²) in [7, 11) is 0. The molecule has 1 aliphatic rings. The number of nitrogens with one attached hydrogen (secondary N) is 2. The van der Waals surface area contributed by atoms with E-state index in [1.54, 1.807) is 0 Å². The lowest BCUT2D eigenvalue weighted by atomic mass is 10.1. The lowest BCUT2D eigenvalue weighted by Gasteiger charge is -2.15. The summed E-state index contributed by atoms with van der Waals surface area (Å²) in [4.78, 5) is 1.44. The number of thiophene rings is 1. The molecule has 2 N–H and O–H groups in total. The molecule has 2 heterocycles. The van der Waals surface area contributed by atoms with Gasteiger partial charge in [0.25, 0.3) is 0 Å². The zero-order valence-corrected chi connectivity index (χ0v) is 10.7. The summed E-state index contributed by atoms with van der Waals surface area (Å²) in [6.45, 7) is 5.77. The Morgan fingerprint density at radius 2 is 2.53 bits per heavy atom. The Labute approximate surface area is 102 Å². The fraction of sp³-hybridized carbons (Fsp3) is 0.636. The van der Waals surface area contributed by atoms with Crippen LogP contribution in [0.15, 0.2) is 17.5 Å². The highest BCUT2D eigenvalue weighted by Crippen LogP contribution is 2.18. The van der Waals surface area contributed by atoms with Gasteiger partial charge in [-0.1, -0.05) is 6.07 Å². The predicted octanol–water partition coefficient (Wildman–Crippen LogP) is 2.43. The molecule has 1 saturated heterocycles. The van der Waals surface area contributed by atoms with Gasteiger partial charge >= 0.3 is 0 Å². The summed E-state index contributed by atoms with van der Waals surface area (Å²) in [6, 6.07) is 4.83. The van der Waals surface area contributed by atoms with Crippen molar-refractivity contribution >= 4 is 23.7 Å². The minimum atomic E-state index is 0. The third-order valence-corrected chi connectivity index (χ3v) is 3.90. The van der Waals surface area contributed by atoms with Gasteiger partial charge in [0.1, 0.15) is 0 Å². The predicted molar refractivity (Wildman–Crippen MR) is 69.0 cm³/mol. The van der Waals surface area contributed by atoms with Crippen LogP contribution in [0.4, 0.5) is 0 Å². The van der Waals surface area contributed by atoms with Crippen molar-refractivity contribution in [3.05, 3.63) is 22.4 Å². The van der Waals surface area contributed by atoms with Crippen molar-refractivity contribution in [3.63, 3.8) is 0 Å². The van der Waals surface area contributed by atoms with Gasteiger partial charge < -0.3 is 10.6 Å². The van der Waals surface area contributed by atoms with E-state index in [0.29, 0.717) is 6.04 Å². The summed E-state index contributed by atoms with van der Waals surface area (Å²) < 4.78 is 0. The van der Waals surface area contributed by atoms with E-state index in [2.05, 4.69) is 35.1 Å². The largest absolute Gasteiger partial charge is 0.316 e. The first kappa shape index (κ1) is 13.0. The van der Waals surface area contributed by atoms with Gasteiger partial charge in [-0.3, -0.25) is 0 Å². The van der Waals surface area contributed by atoms with E-state index in [-0.39, 0.29) is 12.4 Å². The van der Waals surface area contributed by atoms with Gasteiger partial charge in [-0.05, 0) is 50.3 Å². The third kappa shape index (κ3) is 3.76. The van der Waals surface area contributed by atoms with E-state index in [4.69, 9.17) is 0 Å². The molecular formula is C11H19ClN2S. The molecule has 15 heavy (non-hydrogen) atoms. The average Bonchev–Trinajstić information content (AvgIpc) is 2.87. The summed E-state index contributed by atoms with van der Waals surface area (Å²) in [5.74, 6) is 0.831. The van der Waals surface area contributed by atoms with E-state index in [0.717, 1.165) is 12.5 Å².